The first-order valence-corrected chi connectivity index (χ1v) is 12.6. The van der Waals surface area contributed by atoms with Crippen molar-refractivity contribution in [1.29, 1.82) is 0 Å². The van der Waals surface area contributed by atoms with E-state index in [4.69, 9.17) is 18.9 Å². The van der Waals surface area contributed by atoms with Gasteiger partial charge in [-0.05, 0) is 37.7 Å². The van der Waals surface area contributed by atoms with Gasteiger partial charge in [0.1, 0.15) is 48.8 Å². The predicted molar refractivity (Wildman–Crippen MR) is 128 cm³/mol. The number of aliphatic hydroxyl groups is 8. The maximum atomic E-state index is 10.3. The van der Waals surface area contributed by atoms with E-state index in [-0.39, 0.29) is 11.5 Å². The number of hydrogen-bond acceptors (Lipinski definition) is 12. The lowest BCUT2D eigenvalue weighted by Gasteiger charge is -2.43. The molecule has 12 atom stereocenters. The van der Waals surface area contributed by atoms with Crippen molar-refractivity contribution >= 4 is 0 Å². The summed E-state index contributed by atoms with van der Waals surface area (Å²) < 4.78 is 22.6. The van der Waals surface area contributed by atoms with Crippen molar-refractivity contribution in [3.8, 4) is 0 Å². The molecule has 1 aliphatic carbocycles. The molecule has 0 amide bonds. The molecule has 214 valence electrons. The summed E-state index contributed by atoms with van der Waals surface area (Å²) in [5, 5.41) is 79.2. The average Bonchev–Trinajstić information content (AvgIpc) is 2.83. The van der Waals surface area contributed by atoms with Crippen molar-refractivity contribution in [2.75, 3.05) is 13.2 Å². The summed E-state index contributed by atoms with van der Waals surface area (Å²) in [6, 6.07) is 0. The molecule has 2 aliphatic heterocycles. The minimum Gasteiger partial charge on any atom is -0.394 e. The lowest BCUT2D eigenvalue weighted by Crippen LogP contribution is -2.59. The fraction of sp³-hybridized carbons (Fsp3) is 0.840. The van der Waals surface area contributed by atoms with E-state index in [2.05, 4.69) is 0 Å². The Labute approximate surface area is 216 Å². The summed E-state index contributed by atoms with van der Waals surface area (Å²) in [7, 11) is 0. The van der Waals surface area contributed by atoms with E-state index in [1.165, 1.54) is 0 Å². The third-order valence-corrected chi connectivity index (χ3v) is 7.37. The van der Waals surface area contributed by atoms with Gasteiger partial charge in [0, 0.05) is 0 Å². The Hall–Kier alpha value is -1.00. The third kappa shape index (κ3) is 6.78. The van der Waals surface area contributed by atoms with Crippen LogP contribution in [-0.2, 0) is 18.9 Å². The zero-order valence-corrected chi connectivity index (χ0v) is 21.6. The van der Waals surface area contributed by atoms with E-state index in [1.807, 2.05) is 26.8 Å². The lowest BCUT2D eigenvalue weighted by atomic mass is 9.71. The molecule has 12 nitrogen and oxygen atoms in total. The Morgan fingerprint density at radius 3 is 1.89 bits per heavy atom. The number of rotatable bonds is 8. The van der Waals surface area contributed by atoms with Gasteiger partial charge in [-0.25, -0.2) is 0 Å². The number of hydrogen-bond donors (Lipinski definition) is 8. The average molecular weight is 535 g/mol. The molecule has 0 unspecified atom stereocenters. The highest BCUT2D eigenvalue weighted by molar-refractivity contribution is 5.34. The van der Waals surface area contributed by atoms with E-state index in [1.54, 1.807) is 13.0 Å². The molecule has 0 saturated carbocycles. The highest BCUT2D eigenvalue weighted by Crippen LogP contribution is 2.43. The first-order valence-electron chi connectivity index (χ1n) is 12.6. The van der Waals surface area contributed by atoms with Crippen LogP contribution in [-0.4, -0.2) is 128 Å². The van der Waals surface area contributed by atoms with Gasteiger partial charge in [0.25, 0.3) is 0 Å². The second-order valence-electron chi connectivity index (χ2n) is 10.8. The first kappa shape index (κ1) is 30.5. The van der Waals surface area contributed by atoms with Crippen LogP contribution in [0.3, 0.4) is 0 Å². The normalized spacial score (nSPS) is 43.8. The van der Waals surface area contributed by atoms with Crippen LogP contribution < -0.4 is 0 Å². The van der Waals surface area contributed by atoms with Crippen LogP contribution in [0.15, 0.2) is 23.3 Å². The first-order chi connectivity index (χ1) is 17.3. The van der Waals surface area contributed by atoms with Crippen LogP contribution in [0, 0.1) is 5.41 Å². The molecule has 0 aromatic carbocycles. The quantitative estimate of drug-likeness (QED) is 0.172. The molecule has 0 radical (unpaired) electrons. The highest BCUT2D eigenvalue weighted by atomic mass is 16.7. The largest absolute Gasteiger partial charge is 0.394 e. The van der Waals surface area contributed by atoms with Crippen LogP contribution in [0.2, 0.25) is 0 Å². The van der Waals surface area contributed by atoms with E-state index in [0.29, 0.717) is 12.8 Å². The van der Waals surface area contributed by atoms with Crippen LogP contribution in [0.4, 0.5) is 0 Å². The minimum atomic E-state index is -1.52. The maximum absolute atomic E-state index is 10.3. The Morgan fingerprint density at radius 1 is 0.865 bits per heavy atom. The van der Waals surface area contributed by atoms with Gasteiger partial charge in [0.2, 0.25) is 0 Å². The molecule has 3 aliphatic rings. The fourth-order valence-corrected chi connectivity index (χ4v) is 5.28. The molecular weight excluding hydrogens is 492 g/mol. The van der Waals surface area contributed by atoms with Crippen molar-refractivity contribution in [1.82, 2.24) is 0 Å². The molecule has 0 aromatic rings. The molecule has 8 N–H and O–H groups in total. The number of aliphatic hydroxyl groups excluding tert-OH is 8. The van der Waals surface area contributed by atoms with Crippen LogP contribution in [0.5, 0.6) is 0 Å². The topological polar surface area (TPSA) is 199 Å². The van der Waals surface area contributed by atoms with Gasteiger partial charge in [0.15, 0.2) is 12.6 Å². The van der Waals surface area contributed by atoms with Gasteiger partial charge < -0.3 is 59.8 Å². The van der Waals surface area contributed by atoms with Gasteiger partial charge >= 0.3 is 0 Å². The Balaban J connectivity index is 1.64. The molecular formula is C25H42O12. The van der Waals surface area contributed by atoms with Gasteiger partial charge in [-0.15, -0.1) is 0 Å². The predicted octanol–water partition coefficient (Wildman–Crippen LogP) is -1.93. The summed E-state index contributed by atoms with van der Waals surface area (Å²) in [4.78, 5) is 0. The highest BCUT2D eigenvalue weighted by Gasteiger charge is 2.46. The fourth-order valence-electron chi connectivity index (χ4n) is 5.28. The Kier molecular flexibility index (Phi) is 10.3. The Bertz CT molecular complexity index is 811. The molecule has 0 bridgehead atoms. The smallest absolute Gasteiger partial charge is 0.187 e. The van der Waals surface area contributed by atoms with Gasteiger partial charge in [0.05, 0.1) is 25.4 Å². The molecule has 0 aromatic heterocycles. The zero-order chi connectivity index (χ0) is 27.7. The van der Waals surface area contributed by atoms with Crippen LogP contribution in [0.1, 0.15) is 40.5 Å². The summed E-state index contributed by atoms with van der Waals surface area (Å²) >= 11 is 0. The van der Waals surface area contributed by atoms with Gasteiger partial charge in [-0.1, -0.05) is 31.6 Å². The molecule has 37 heavy (non-hydrogen) atoms. The second-order valence-corrected chi connectivity index (χ2v) is 10.8. The summed E-state index contributed by atoms with van der Waals surface area (Å²) in [5.74, 6) is 0. The second kappa shape index (κ2) is 12.5. The summed E-state index contributed by atoms with van der Waals surface area (Å²) in [6.07, 6.45) is -9.55. The van der Waals surface area contributed by atoms with Crippen molar-refractivity contribution in [2.45, 2.75) is 114 Å². The molecule has 2 fully saturated rings. The lowest BCUT2D eigenvalue weighted by molar-refractivity contribution is -0.313. The van der Waals surface area contributed by atoms with Gasteiger partial charge in [-0.2, -0.15) is 0 Å². The van der Waals surface area contributed by atoms with Crippen LogP contribution in [0.25, 0.3) is 0 Å². The molecule has 2 heterocycles. The molecule has 3 rings (SSSR count). The Morgan fingerprint density at radius 2 is 1.38 bits per heavy atom. The van der Waals surface area contributed by atoms with E-state index < -0.39 is 80.7 Å². The van der Waals surface area contributed by atoms with E-state index >= 15 is 0 Å². The van der Waals surface area contributed by atoms with Crippen molar-refractivity contribution in [3.63, 3.8) is 0 Å². The standard InChI is InChI=1S/C25H42O12/c1-11-7-13(35-24-22(33)20(31)18(29)16(10-27)37-24)8-25(3,4)14(11)6-5-12(2)34-23-21(32)19(30)17(28)15(9-26)36-23/h5-6,12-13,15-24,26-33H,7-10H2,1-4H3/b6-5+/t12-,13+,15+,16+,17+,18+,19-,20-,21+,22+,23+,24+/m0/s1. The molecule has 2 saturated heterocycles. The molecule has 0 spiro atoms. The third-order valence-electron chi connectivity index (χ3n) is 7.37. The SMILES string of the molecule is CC1=C(/C=C/[C@H](C)O[C@@H]2O[C@H](CO)[C@@H](O)[C@H](O)[C@H]2O)C(C)(C)C[C@H](O[C@@H]2O[C@H](CO)[C@@H](O)[C@H](O)[C@H]2O)C1. The zero-order valence-electron chi connectivity index (χ0n) is 21.6. The van der Waals surface area contributed by atoms with E-state index in [0.717, 1.165) is 11.1 Å². The number of allylic oxidation sites excluding steroid dienone is 2. The maximum Gasteiger partial charge on any atom is 0.187 e. The summed E-state index contributed by atoms with van der Waals surface area (Å²) in [5.41, 5.74) is 1.69. The summed E-state index contributed by atoms with van der Waals surface area (Å²) in [6.45, 7) is 6.67. The molecule has 12 heteroatoms. The van der Waals surface area contributed by atoms with Crippen molar-refractivity contribution in [2.24, 2.45) is 5.41 Å². The minimum absolute atomic E-state index is 0.351. The van der Waals surface area contributed by atoms with Crippen molar-refractivity contribution in [3.05, 3.63) is 23.3 Å². The monoisotopic (exact) mass is 534 g/mol. The van der Waals surface area contributed by atoms with E-state index in [9.17, 15) is 40.9 Å². The van der Waals surface area contributed by atoms with Gasteiger partial charge in [-0.3, -0.25) is 0 Å². The van der Waals surface area contributed by atoms with Crippen LogP contribution >= 0.6 is 0 Å². The van der Waals surface area contributed by atoms with Crippen molar-refractivity contribution < 1.29 is 59.8 Å². The number of ether oxygens (including phenoxy) is 4.